The molecule has 94 valence electrons. The third kappa shape index (κ3) is 4.94. The summed E-state index contributed by atoms with van der Waals surface area (Å²) in [7, 11) is 0. The van der Waals surface area contributed by atoms with Crippen LogP contribution in [0.1, 0.15) is 40.0 Å². The molecule has 0 radical (unpaired) electrons. The van der Waals surface area contributed by atoms with Crippen molar-refractivity contribution in [3.05, 3.63) is 0 Å². The molecule has 0 aromatic heterocycles. The minimum atomic E-state index is -0.558. The van der Waals surface area contributed by atoms with Crippen LogP contribution in [0.2, 0.25) is 0 Å². The van der Waals surface area contributed by atoms with Gasteiger partial charge in [0.1, 0.15) is 5.60 Å². The molecule has 0 saturated carbocycles. The Hall–Kier alpha value is -0.610. The topological polar surface area (TPSA) is 58.6 Å². The Kier molecular flexibility index (Phi) is 4.74. The predicted octanol–water partition coefficient (Wildman–Crippen LogP) is 1.08. The zero-order valence-corrected chi connectivity index (χ0v) is 10.5. The van der Waals surface area contributed by atoms with Crippen LogP contribution in [-0.4, -0.2) is 35.9 Å². The number of rotatable bonds is 3. The number of carbonyl (C=O) groups is 1. The van der Waals surface area contributed by atoms with Gasteiger partial charge in [0, 0.05) is 0 Å². The van der Waals surface area contributed by atoms with Gasteiger partial charge < -0.3 is 15.2 Å². The van der Waals surface area contributed by atoms with Crippen LogP contribution >= 0.6 is 0 Å². The Morgan fingerprint density at radius 2 is 2.00 bits per heavy atom. The van der Waals surface area contributed by atoms with Gasteiger partial charge in [-0.15, -0.1) is 0 Å². The van der Waals surface area contributed by atoms with Crippen LogP contribution in [0.4, 0.5) is 0 Å². The second-order valence-electron chi connectivity index (χ2n) is 5.45. The molecule has 1 unspecified atom stereocenters. The summed E-state index contributed by atoms with van der Waals surface area (Å²) in [5, 5.41) is 13.1. The van der Waals surface area contributed by atoms with E-state index >= 15 is 0 Å². The summed E-state index contributed by atoms with van der Waals surface area (Å²) in [6.07, 6.45) is 1.42. The summed E-state index contributed by atoms with van der Waals surface area (Å²) in [5.74, 6) is -0.0766. The molecule has 2 N–H and O–H groups in total. The van der Waals surface area contributed by atoms with Gasteiger partial charge in [0.25, 0.3) is 0 Å². The van der Waals surface area contributed by atoms with Crippen LogP contribution in [0.15, 0.2) is 0 Å². The fraction of sp³-hybridized carbons (Fsp3) is 0.917. The van der Waals surface area contributed by atoms with E-state index in [1.54, 1.807) is 0 Å². The Morgan fingerprint density at radius 1 is 1.44 bits per heavy atom. The van der Waals surface area contributed by atoms with Crippen molar-refractivity contribution in [1.82, 2.24) is 5.32 Å². The molecule has 1 aliphatic rings. The molecule has 1 atom stereocenters. The molecule has 1 saturated heterocycles. The molecule has 4 heteroatoms. The van der Waals surface area contributed by atoms with Crippen molar-refractivity contribution < 1.29 is 14.6 Å². The highest BCUT2D eigenvalue weighted by Crippen LogP contribution is 2.20. The summed E-state index contributed by atoms with van der Waals surface area (Å²) in [6.45, 7) is 7.36. The molecule has 1 rings (SSSR count). The van der Waals surface area contributed by atoms with E-state index in [-0.39, 0.29) is 18.3 Å². The number of carbonyl (C=O) groups excluding carboxylic acids is 1. The summed E-state index contributed by atoms with van der Waals surface area (Å²) >= 11 is 0. The van der Waals surface area contributed by atoms with E-state index < -0.39 is 11.7 Å². The molecule has 0 amide bonds. The minimum absolute atomic E-state index is 0.113. The highest BCUT2D eigenvalue weighted by atomic mass is 16.6. The number of aliphatic hydroxyl groups is 1. The smallest absolute Gasteiger partial charge is 0.308 e. The molecule has 4 nitrogen and oxygen atoms in total. The monoisotopic (exact) mass is 229 g/mol. The summed E-state index contributed by atoms with van der Waals surface area (Å²) in [5.41, 5.74) is -0.467. The van der Waals surface area contributed by atoms with Crippen molar-refractivity contribution in [1.29, 1.82) is 0 Å². The quantitative estimate of drug-likeness (QED) is 0.711. The Labute approximate surface area is 97.4 Å². The first kappa shape index (κ1) is 13.5. The molecule has 0 aliphatic carbocycles. The average molecular weight is 229 g/mol. The fourth-order valence-corrected chi connectivity index (χ4v) is 1.95. The van der Waals surface area contributed by atoms with E-state index in [0.717, 1.165) is 25.9 Å². The Bertz CT molecular complexity index is 229. The Balaban J connectivity index is 2.32. The number of hydrogen-bond acceptors (Lipinski definition) is 4. The summed E-state index contributed by atoms with van der Waals surface area (Å²) < 4.78 is 5.18. The van der Waals surface area contributed by atoms with Crippen molar-refractivity contribution in [2.45, 2.75) is 51.7 Å². The van der Waals surface area contributed by atoms with E-state index in [1.807, 2.05) is 20.8 Å². The van der Waals surface area contributed by atoms with E-state index in [9.17, 15) is 9.90 Å². The highest BCUT2D eigenvalue weighted by molar-refractivity contribution is 5.70. The first-order valence-corrected chi connectivity index (χ1v) is 5.99. The lowest BCUT2D eigenvalue weighted by Crippen LogP contribution is -2.36. The van der Waals surface area contributed by atoms with Gasteiger partial charge in [0.05, 0.1) is 12.5 Å². The zero-order valence-electron chi connectivity index (χ0n) is 10.5. The molecule has 0 aromatic carbocycles. The van der Waals surface area contributed by atoms with E-state index in [0.29, 0.717) is 0 Å². The molecule has 1 heterocycles. The first-order chi connectivity index (χ1) is 7.38. The molecule has 0 bridgehead atoms. The fourth-order valence-electron chi connectivity index (χ4n) is 1.95. The molecule has 0 aromatic rings. The number of nitrogens with one attached hydrogen (secondary N) is 1. The zero-order chi connectivity index (χ0) is 12.2. The minimum Gasteiger partial charge on any atom is -0.460 e. The van der Waals surface area contributed by atoms with Crippen molar-refractivity contribution in [3.8, 4) is 0 Å². The van der Waals surface area contributed by atoms with Crippen molar-refractivity contribution in [2.24, 2.45) is 5.92 Å². The second-order valence-corrected chi connectivity index (χ2v) is 5.45. The van der Waals surface area contributed by atoms with Crippen LogP contribution in [-0.2, 0) is 9.53 Å². The van der Waals surface area contributed by atoms with Gasteiger partial charge in [-0.2, -0.15) is 0 Å². The number of piperidine rings is 1. The largest absolute Gasteiger partial charge is 0.460 e. The summed E-state index contributed by atoms with van der Waals surface area (Å²) in [4.78, 5) is 11.5. The van der Waals surface area contributed by atoms with Crippen molar-refractivity contribution in [2.75, 3.05) is 13.1 Å². The van der Waals surface area contributed by atoms with E-state index in [4.69, 9.17) is 4.74 Å². The lowest BCUT2D eigenvalue weighted by Gasteiger charge is -2.27. The van der Waals surface area contributed by atoms with Gasteiger partial charge >= 0.3 is 5.97 Å². The summed E-state index contributed by atoms with van der Waals surface area (Å²) in [6, 6.07) is 0. The van der Waals surface area contributed by atoms with Gasteiger partial charge in [0.2, 0.25) is 0 Å². The van der Waals surface area contributed by atoms with Gasteiger partial charge in [-0.25, -0.2) is 0 Å². The standard InChI is InChI=1S/C12H23NO3/c1-12(2,3)16-11(15)8-10(14)9-4-6-13-7-5-9/h9-10,13-14H,4-8H2,1-3H3. The van der Waals surface area contributed by atoms with Gasteiger partial charge in [-0.05, 0) is 52.6 Å². The van der Waals surface area contributed by atoms with Crippen molar-refractivity contribution in [3.63, 3.8) is 0 Å². The number of aliphatic hydroxyl groups excluding tert-OH is 1. The third-order valence-electron chi connectivity index (χ3n) is 2.72. The van der Waals surface area contributed by atoms with Crippen LogP contribution < -0.4 is 5.32 Å². The molecular formula is C12H23NO3. The number of hydrogen-bond donors (Lipinski definition) is 2. The van der Waals surface area contributed by atoms with Crippen LogP contribution in [0.5, 0.6) is 0 Å². The molecule has 1 aliphatic heterocycles. The molecule has 0 spiro atoms. The average Bonchev–Trinajstić information content (AvgIpc) is 2.16. The van der Waals surface area contributed by atoms with Crippen molar-refractivity contribution >= 4 is 5.97 Å². The van der Waals surface area contributed by atoms with Gasteiger partial charge in [-0.1, -0.05) is 0 Å². The SMILES string of the molecule is CC(C)(C)OC(=O)CC(O)C1CCNCC1. The highest BCUT2D eigenvalue weighted by Gasteiger charge is 2.26. The first-order valence-electron chi connectivity index (χ1n) is 5.99. The van der Waals surface area contributed by atoms with Gasteiger partial charge in [-0.3, -0.25) is 4.79 Å². The number of ether oxygens (including phenoxy) is 1. The molecule has 16 heavy (non-hydrogen) atoms. The predicted molar refractivity (Wildman–Crippen MR) is 62.1 cm³/mol. The van der Waals surface area contributed by atoms with Crippen LogP contribution in [0.3, 0.4) is 0 Å². The number of esters is 1. The van der Waals surface area contributed by atoms with Crippen LogP contribution in [0, 0.1) is 5.92 Å². The molecular weight excluding hydrogens is 206 g/mol. The second kappa shape index (κ2) is 5.64. The maximum Gasteiger partial charge on any atom is 0.308 e. The van der Waals surface area contributed by atoms with E-state index in [1.165, 1.54) is 0 Å². The normalized spacial score (nSPS) is 20.5. The van der Waals surface area contributed by atoms with E-state index in [2.05, 4.69) is 5.32 Å². The molecule has 1 fully saturated rings. The van der Waals surface area contributed by atoms with Crippen LogP contribution in [0.25, 0.3) is 0 Å². The maximum atomic E-state index is 11.5. The third-order valence-corrected chi connectivity index (χ3v) is 2.72. The maximum absolute atomic E-state index is 11.5. The lowest BCUT2D eigenvalue weighted by molar-refractivity contribution is -0.158. The Morgan fingerprint density at radius 3 is 2.50 bits per heavy atom. The lowest BCUT2D eigenvalue weighted by atomic mass is 9.90. The van der Waals surface area contributed by atoms with Gasteiger partial charge in [0.15, 0.2) is 0 Å².